The molecular weight excluding hydrogens is 309 g/mol. The number of pyridine rings is 1. The van der Waals surface area contributed by atoms with Crippen LogP contribution >= 0.6 is 23.2 Å². The van der Waals surface area contributed by atoms with Crippen LogP contribution in [0, 0.1) is 0 Å². The molecule has 1 aromatic heterocycles. The largest absolute Gasteiger partial charge is 0.303 e. The van der Waals surface area contributed by atoms with Gasteiger partial charge in [-0.25, -0.2) is 18.1 Å². The molecule has 0 radical (unpaired) electrons. The second-order valence-electron chi connectivity index (χ2n) is 4.98. The normalized spacial score (nSPS) is 13.0. The number of likely N-dealkylation sites (N-methyl/N-ethyl adjacent to an activating group) is 1. The fourth-order valence-electron chi connectivity index (χ4n) is 1.06. The van der Waals surface area contributed by atoms with Crippen LogP contribution in [0.4, 0.5) is 0 Å². The average molecular weight is 326 g/mol. The van der Waals surface area contributed by atoms with Crippen LogP contribution in [-0.4, -0.2) is 44.5 Å². The smallest absolute Gasteiger partial charge is 0.242 e. The van der Waals surface area contributed by atoms with Crippen molar-refractivity contribution >= 4 is 33.2 Å². The van der Waals surface area contributed by atoms with Crippen LogP contribution in [0.5, 0.6) is 0 Å². The summed E-state index contributed by atoms with van der Waals surface area (Å²) in [6.45, 7) is 4.13. The molecule has 0 atom stereocenters. The topological polar surface area (TPSA) is 62.3 Å². The molecular formula is C11H17Cl2N3O2S. The lowest BCUT2D eigenvalue weighted by Crippen LogP contribution is -2.48. The summed E-state index contributed by atoms with van der Waals surface area (Å²) in [7, 11) is 0.119. The first kappa shape index (κ1) is 16.7. The zero-order valence-electron chi connectivity index (χ0n) is 11.2. The zero-order chi connectivity index (χ0) is 14.8. The van der Waals surface area contributed by atoms with Gasteiger partial charge in [0.2, 0.25) is 10.0 Å². The molecule has 0 aliphatic carbocycles. The fourth-order valence-corrected chi connectivity index (χ4v) is 2.57. The first-order chi connectivity index (χ1) is 8.56. The molecule has 8 heteroatoms. The Morgan fingerprint density at radius 2 is 1.95 bits per heavy atom. The molecule has 1 heterocycles. The Bertz CT molecular complexity index is 559. The van der Waals surface area contributed by atoms with Crippen LogP contribution in [0.25, 0.3) is 0 Å². The minimum atomic E-state index is -3.65. The summed E-state index contributed by atoms with van der Waals surface area (Å²) >= 11 is 11.4. The van der Waals surface area contributed by atoms with Gasteiger partial charge < -0.3 is 4.90 Å². The van der Waals surface area contributed by atoms with Crippen molar-refractivity contribution in [1.29, 1.82) is 0 Å². The third-order valence-electron chi connectivity index (χ3n) is 2.99. The lowest BCUT2D eigenvalue weighted by atomic mass is 10.1. The van der Waals surface area contributed by atoms with Gasteiger partial charge >= 0.3 is 0 Å². The van der Waals surface area contributed by atoms with Gasteiger partial charge in [-0.05, 0) is 34.0 Å². The molecule has 0 aromatic carbocycles. The van der Waals surface area contributed by atoms with Gasteiger partial charge in [0.15, 0.2) is 0 Å². The first-order valence-corrected chi connectivity index (χ1v) is 7.78. The van der Waals surface area contributed by atoms with Crippen LogP contribution in [0.15, 0.2) is 17.2 Å². The lowest BCUT2D eigenvalue weighted by molar-refractivity contribution is 0.199. The number of rotatable bonds is 5. The number of nitrogens with one attached hydrogen (secondary N) is 1. The van der Waals surface area contributed by atoms with Crippen molar-refractivity contribution in [1.82, 2.24) is 14.6 Å². The third kappa shape index (κ3) is 4.29. The Morgan fingerprint density at radius 1 is 1.37 bits per heavy atom. The lowest BCUT2D eigenvalue weighted by Gasteiger charge is -2.32. The molecule has 0 bridgehead atoms. The quantitative estimate of drug-likeness (QED) is 0.841. The van der Waals surface area contributed by atoms with Gasteiger partial charge in [-0.3, -0.25) is 0 Å². The van der Waals surface area contributed by atoms with Crippen molar-refractivity contribution in [2.75, 3.05) is 20.6 Å². The van der Waals surface area contributed by atoms with E-state index in [2.05, 4.69) is 9.71 Å². The summed E-state index contributed by atoms with van der Waals surface area (Å²) in [5, 5.41) is 0.186. The predicted octanol–water partition coefficient (Wildman–Crippen LogP) is 2.01. The highest BCUT2D eigenvalue weighted by molar-refractivity contribution is 7.89. The molecule has 1 rings (SSSR count). The minimum Gasteiger partial charge on any atom is -0.303 e. The Hall–Kier alpha value is -0.400. The number of nitrogens with zero attached hydrogens (tertiary/aromatic N) is 2. The number of hydrogen-bond acceptors (Lipinski definition) is 4. The van der Waals surface area contributed by atoms with Gasteiger partial charge in [-0.15, -0.1) is 0 Å². The molecule has 0 fully saturated rings. The van der Waals surface area contributed by atoms with Gasteiger partial charge in [-0.2, -0.15) is 0 Å². The molecule has 1 N–H and O–H groups in total. The van der Waals surface area contributed by atoms with E-state index in [4.69, 9.17) is 23.2 Å². The molecule has 0 aliphatic heterocycles. The summed E-state index contributed by atoms with van der Waals surface area (Å²) < 4.78 is 26.7. The Kier molecular flexibility index (Phi) is 5.20. The second kappa shape index (κ2) is 5.93. The van der Waals surface area contributed by atoms with Crippen molar-refractivity contribution < 1.29 is 8.42 Å². The van der Waals surface area contributed by atoms with Gasteiger partial charge in [0.1, 0.15) is 10.0 Å². The van der Waals surface area contributed by atoms with E-state index in [1.165, 1.54) is 12.3 Å². The fraction of sp³-hybridized carbons (Fsp3) is 0.545. The van der Waals surface area contributed by atoms with Gasteiger partial charge in [0.25, 0.3) is 0 Å². The maximum Gasteiger partial charge on any atom is 0.242 e. The number of hydrogen-bond donors (Lipinski definition) is 1. The summed E-state index contributed by atoms with van der Waals surface area (Å²) in [6, 6.07) is 1.28. The molecule has 108 valence electrons. The number of halogens is 2. The van der Waals surface area contributed by atoms with E-state index in [9.17, 15) is 8.42 Å². The van der Waals surface area contributed by atoms with Crippen molar-refractivity contribution in [2.24, 2.45) is 0 Å². The minimum absolute atomic E-state index is 0.00328. The van der Waals surface area contributed by atoms with E-state index >= 15 is 0 Å². The van der Waals surface area contributed by atoms with Crippen molar-refractivity contribution in [3.05, 3.63) is 22.4 Å². The van der Waals surface area contributed by atoms with E-state index in [0.29, 0.717) is 0 Å². The van der Waals surface area contributed by atoms with E-state index in [1.807, 2.05) is 32.8 Å². The summed E-state index contributed by atoms with van der Waals surface area (Å²) in [5.41, 5.74) is -0.309. The van der Waals surface area contributed by atoms with Crippen molar-refractivity contribution in [2.45, 2.75) is 24.3 Å². The third-order valence-corrected chi connectivity index (χ3v) is 5.04. The molecule has 1 aromatic rings. The molecule has 5 nitrogen and oxygen atoms in total. The van der Waals surface area contributed by atoms with Crippen LogP contribution in [0.2, 0.25) is 10.2 Å². The molecule has 0 aliphatic rings. The predicted molar refractivity (Wildman–Crippen MR) is 77.2 cm³/mol. The van der Waals surface area contributed by atoms with Crippen LogP contribution < -0.4 is 4.72 Å². The molecule has 0 saturated carbocycles. The van der Waals surface area contributed by atoms with E-state index < -0.39 is 10.0 Å². The van der Waals surface area contributed by atoms with Crippen molar-refractivity contribution in [3.63, 3.8) is 0 Å². The Labute approximate surface area is 124 Å². The molecule has 0 amide bonds. The molecule has 19 heavy (non-hydrogen) atoms. The molecule has 0 saturated heterocycles. The number of aromatic nitrogens is 1. The van der Waals surface area contributed by atoms with Gasteiger partial charge in [0, 0.05) is 18.3 Å². The summed E-state index contributed by atoms with van der Waals surface area (Å²) in [5.74, 6) is 0. The number of sulfonamides is 1. The monoisotopic (exact) mass is 325 g/mol. The average Bonchev–Trinajstić information content (AvgIpc) is 2.30. The van der Waals surface area contributed by atoms with Crippen LogP contribution in [0.1, 0.15) is 13.8 Å². The first-order valence-electron chi connectivity index (χ1n) is 5.54. The maximum absolute atomic E-state index is 12.1. The summed E-state index contributed by atoms with van der Waals surface area (Å²) in [6.07, 6.45) is 1.18. The zero-order valence-corrected chi connectivity index (χ0v) is 13.6. The Morgan fingerprint density at radius 3 is 2.42 bits per heavy atom. The summed E-state index contributed by atoms with van der Waals surface area (Å²) in [4.78, 5) is 5.66. The van der Waals surface area contributed by atoms with Crippen molar-refractivity contribution in [3.8, 4) is 0 Å². The molecule has 0 unspecified atom stereocenters. The maximum atomic E-state index is 12.1. The van der Waals surface area contributed by atoms with E-state index in [0.717, 1.165) is 0 Å². The van der Waals surface area contributed by atoms with E-state index in [-0.39, 0.29) is 27.2 Å². The van der Waals surface area contributed by atoms with Gasteiger partial charge in [-0.1, -0.05) is 23.2 Å². The SMILES string of the molecule is CN(C)C(C)(C)CNS(=O)(=O)c1cnc(Cl)c(Cl)c1. The highest BCUT2D eigenvalue weighted by atomic mass is 35.5. The van der Waals surface area contributed by atoms with Gasteiger partial charge in [0.05, 0.1) is 5.02 Å². The van der Waals surface area contributed by atoms with E-state index in [1.54, 1.807) is 0 Å². The highest BCUT2D eigenvalue weighted by Gasteiger charge is 2.24. The standard InChI is InChI=1S/C11H17Cl2N3O2S/c1-11(2,16(3)4)7-15-19(17,18)8-5-9(12)10(13)14-6-8/h5-6,15H,7H2,1-4H3. The Balaban J connectivity index is 2.90. The second-order valence-corrected chi connectivity index (χ2v) is 7.51. The molecule has 0 spiro atoms. The van der Waals surface area contributed by atoms with Crippen LogP contribution in [-0.2, 0) is 10.0 Å². The van der Waals surface area contributed by atoms with Crippen LogP contribution in [0.3, 0.4) is 0 Å². The highest BCUT2D eigenvalue weighted by Crippen LogP contribution is 2.22.